The third-order valence-electron chi connectivity index (χ3n) is 6.86. The van der Waals surface area contributed by atoms with E-state index in [0.717, 1.165) is 10.9 Å². The number of hydrogen-bond acceptors (Lipinski definition) is 5. The number of benzene rings is 3. The van der Waals surface area contributed by atoms with Gasteiger partial charge in [0.15, 0.2) is 0 Å². The summed E-state index contributed by atoms with van der Waals surface area (Å²) in [5, 5.41) is 5.05. The zero-order valence-electron chi connectivity index (χ0n) is 21.5. The molecule has 1 atom stereocenters. The van der Waals surface area contributed by atoms with E-state index in [1.54, 1.807) is 54.5 Å². The molecule has 0 fully saturated rings. The van der Waals surface area contributed by atoms with Gasteiger partial charge >= 0.3 is 7.82 Å². The van der Waals surface area contributed by atoms with Crippen LogP contribution < -0.4 is 10.9 Å². The van der Waals surface area contributed by atoms with Crippen molar-refractivity contribution < 1.29 is 18.9 Å². The first kappa shape index (κ1) is 28.3. The number of aryl methyl sites for hydroxylation is 2. The third kappa shape index (κ3) is 5.38. The number of hydrogen-bond donors (Lipinski definition) is 3. The zero-order chi connectivity index (χ0) is 28.7. The number of phosphoric ester groups is 1. The van der Waals surface area contributed by atoms with Crippen molar-refractivity contribution in [2.24, 2.45) is 14.1 Å². The highest BCUT2D eigenvalue weighted by atomic mass is 35.5. The van der Waals surface area contributed by atoms with Crippen molar-refractivity contribution in [2.75, 3.05) is 6.73 Å². The maximum atomic E-state index is 12.9. The Morgan fingerprint density at radius 3 is 2.35 bits per heavy atom. The van der Waals surface area contributed by atoms with Crippen molar-refractivity contribution in [3.8, 4) is 11.1 Å². The lowest BCUT2D eigenvalue weighted by molar-refractivity contribution is 0.167. The molecule has 0 unspecified atom stereocenters. The predicted octanol–water partition coefficient (Wildman–Crippen LogP) is 5.19. The number of phosphoric acid groups is 1. The minimum atomic E-state index is -4.79. The van der Waals surface area contributed by atoms with Gasteiger partial charge in [0.1, 0.15) is 12.3 Å². The van der Waals surface area contributed by atoms with Gasteiger partial charge in [0.2, 0.25) is 0 Å². The van der Waals surface area contributed by atoms with Crippen LogP contribution >= 0.6 is 31.0 Å². The van der Waals surface area contributed by atoms with E-state index in [0.29, 0.717) is 37.9 Å². The molecule has 0 saturated carbocycles. The third-order valence-corrected chi connectivity index (χ3v) is 7.82. The molecule has 3 aromatic carbocycles. The summed E-state index contributed by atoms with van der Waals surface area (Å²) in [7, 11) is -1.27. The highest BCUT2D eigenvalue weighted by Crippen LogP contribution is 2.41. The van der Waals surface area contributed by atoms with Gasteiger partial charge < -0.3 is 18.9 Å². The van der Waals surface area contributed by atoms with E-state index >= 15 is 0 Å². The van der Waals surface area contributed by atoms with Gasteiger partial charge in [-0.3, -0.25) is 14.6 Å². The number of aromatic nitrogens is 3. The molecular formula is C28H25Cl2N4O5P. The molecule has 5 aromatic rings. The Morgan fingerprint density at radius 1 is 0.975 bits per heavy atom. The number of halogens is 2. The van der Waals surface area contributed by atoms with E-state index in [1.165, 1.54) is 0 Å². The molecule has 5 rings (SSSR count). The Morgan fingerprint density at radius 2 is 1.70 bits per heavy atom. The minimum Gasteiger partial charge on any atom is -0.335 e. The van der Waals surface area contributed by atoms with Crippen molar-refractivity contribution in [1.82, 2.24) is 19.4 Å². The molecule has 0 amide bonds. The molecule has 3 N–H and O–H groups in total. The maximum Gasteiger partial charge on any atom is 0.470 e. The number of fused-ring (bicyclic) bond motifs is 1. The van der Waals surface area contributed by atoms with Crippen molar-refractivity contribution in [1.29, 1.82) is 0 Å². The molecule has 0 aliphatic carbocycles. The quantitative estimate of drug-likeness (QED) is 0.166. The molecule has 2 aromatic heterocycles. The zero-order valence-corrected chi connectivity index (χ0v) is 23.9. The molecule has 206 valence electrons. The van der Waals surface area contributed by atoms with Gasteiger partial charge in [0, 0.05) is 35.6 Å². The van der Waals surface area contributed by atoms with Crippen molar-refractivity contribution in [2.45, 2.75) is 5.54 Å². The topological polar surface area (TPSA) is 119 Å². The fourth-order valence-electron chi connectivity index (χ4n) is 4.99. The summed E-state index contributed by atoms with van der Waals surface area (Å²) < 4.78 is 19.8. The van der Waals surface area contributed by atoms with Crippen LogP contribution in [0.1, 0.15) is 16.8 Å². The van der Waals surface area contributed by atoms with Crippen molar-refractivity contribution >= 4 is 41.9 Å². The molecule has 2 heterocycles. The smallest absolute Gasteiger partial charge is 0.335 e. The highest BCUT2D eigenvalue weighted by Gasteiger charge is 2.39. The Bertz CT molecular complexity index is 1820. The first-order valence-corrected chi connectivity index (χ1v) is 14.4. The first-order valence-electron chi connectivity index (χ1n) is 12.1. The van der Waals surface area contributed by atoms with Gasteiger partial charge in [-0.2, -0.15) is 0 Å². The largest absolute Gasteiger partial charge is 0.470 e. The van der Waals surface area contributed by atoms with Crippen LogP contribution in [0.5, 0.6) is 0 Å². The standard InChI is InChI=1S/C28H25Cl2N4O5P/c1-33-16-31-15-26(33)28(32-17-39-40(36,37)38,19-6-9-21(29)10-7-19)20-8-11-25-24(13-20)23(14-27(35)34(25)2)18-4-3-5-22(30)12-18/h3-16,32H,17H2,1-2H3,(H2,36,37,38)/t28-/m1/s1. The van der Waals surface area contributed by atoms with E-state index in [-0.39, 0.29) is 5.56 Å². The molecule has 12 heteroatoms. The van der Waals surface area contributed by atoms with Gasteiger partial charge in [-0.05, 0) is 58.7 Å². The molecule has 40 heavy (non-hydrogen) atoms. The lowest BCUT2D eigenvalue weighted by Crippen LogP contribution is -2.46. The van der Waals surface area contributed by atoms with Crippen molar-refractivity contribution in [3.63, 3.8) is 0 Å². The highest BCUT2D eigenvalue weighted by molar-refractivity contribution is 7.46. The Hall–Kier alpha value is -3.27. The van der Waals surface area contributed by atoms with Crippen LogP contribution in [-0.2, 0) is 28.7 Å². The Kier molecular flexibility index (Phi) is 7.74. The summed E-state index contributed by atoms with van der Waals surface area (Å²) in [5.74, 6) is 0. The van der Waals surface area contributed by atoms with Crippen LogP contribution in [0, 0.1) is 0 Å². The summed E-state index contributed by atoms with van der Waals surface area (Å²) in [6.07, 6.45) is 3.30. The minimum absolute atomic E-state index is 0.181. The molecule has 0 saturated heterocycles. The monoisotopic (exact) mass is 598 g/mol. The summed E-state index contributed by atoms with van der Waals surface area (Å²) in [5.41, 5.74) is 2.82. The summed E-state index contributed by atoms with van der Waals surface area (Å²) >= 11 is 12.5. The fourth-order valence-corrected chi connectivity index (χ4v) is 5.54. The summed E-state index contributed by atoms with van der Waals surface area (Å²) in [6, 6.07) is 21.6. The van der Waals surface area contributed by atoms with Crippen LogP contribution in [0.3, 0.4) is 0 Å². The van der Waals surface area contributed by atoms with E-state index < -0.39 is 20.1 Å². The van der Waals surface area contributed by atoms with Gasteiger partial charge in [-0.15, -0.1) is 0 Å². The van der Waals surface area contributed by atoms with E-state index in [1.807, 2.05) is 54.1 Å². The number of nitrogens with one attached hydrogen (secondary N) is 1. The predicted molar refractivity (Wildman–Crippen MR) is 155 cm³/mol. The molecule has 9 nitrogen and oxygen atoms in total. The molecule has 0 spiro atoms. The Balaban J connectivity index is 1.84. The SMILES string of the molecule is Cn1cncc1[C@@](NCOP(=O)(O)O)(c1ccc(Cl)cc1)c1ccc2c(c1)c(-c1cccc(Cl)c1)cc(=O)n2C. The second kappa shape index (κ2) is 11.0. The number of rotatable bonds is 8. The van der Waals surface area contributed by atoms with E-state index in [2.05, 4.69) is 10.3 Å². The first-order chi connectivity index (χ1) is 19.0. The lowest BCUT2D eigenvalue weighted by atomic mass is 9.79. The van der Waals surface area contributed by atoms with Gasteiger partial charge in [-0.25, -0.2) is 9.55 Å². The maximum absolute atomic E-state index is 12.9. The summed E-state index contributed by atoms with van der Waals surface area (Å²) in [6.45, 7) is -0.495. The van der Waals surface area contributed by atoms with Gasteiger partial charge in [-0.1, -0.05) is 53.5 Å². The van der Waals surface area contributed by atoms with E-state index in [9.17, 15) is 19.1 Å². The molecule has 0 aliphatic rings. The van der Waals surface area contributed by atoms with E-state index in [4.69, 9.17) is 27.7 Å². The molecule has 0 radical (unpaired) electrons. The number of imidazole rings is 1. The number of nitrogens with zero attached hydrogens (tertiary/aromatic N) is 3. The normalized spacial score (nSPS) is 13.4. The Labute approximate surface area is 239 Å². The van der Waals surface area contributed by atoms with Crippen LogP contribution in [0.2, 0.25) is 10.0 Å². The van der Waals surface area contributed by atoms with Crippen LogP contribution in [0.25, 0.3) is 22.0 Å². The lowest BCUT2D eigenvalue weighted by Gasteiger charge is -2.37. The van der Waals surface area contributed by atoms with Gasteiger partial charge in [0.25, 0.3) is 5.56 Å². The molecular weight excluding hydrogens is 574 g/mol. The molecule has 0 bridgehead atoms. The van der Waals surface area contributed by atoms with Crippen LogP contribution in [-0.4, -0.2) is 30.6 Å². The van der Waals surface area contributed by atoms with Crippen molar-refractivity contribution in [3.05, 3.63) is 123 Å². The number of pyridine rings is 1. The summed E-state index contributed by atoms with van der Waals surface area (Å²) in [4.78, 5) is 36.1. The molecule has 0 aliphatic heterocycles. The van der Waals surface area contributed by atoms with Gasteiger partial charge in [0.05, 0.1) is 23.7 Å². The average Bonchev–Trinajstić information content (AvgIpc) is 3.34. The van der Waals surface area contributed by atoms with Crippen LogP contribution in [0.15, 0.2) is 90.1 Å². The fraction of sp³-hybridized carbons (Fsp3) is 0.143. The second-order valence-corrected chi connectivity index (χ2v) is 11.4. The second-order valence-electron chi connectivity index (χ2n) is 9.29. The van der Waals surface area contributed by atoms with Crippen LogP contribution in [0.4, 0.5) is 0 Å². The average molecular weight is 599 g/mol.